The van der Waals surface area contributed by atoms with Gasteiger partial charge in [-0.05, 0) is 18.1 Å². The summed E-state index contributed by atoms with van der Waals surface area (Å²) < 4.78 is 2.13. The van der Waals surface area contributed by atoms with Crippen molar-refractivity contribution in [3.63, 3.8) is 0 Å². The minimum absolute atomic E-state index is 0.645. The number of thiazole rings is 1. The van der Waals surface area contributed by atoms with Crippen LogP contribution in [0.3, 0.4) is 0 Å². The van der Waals surface area contributed by atoms with Crippen LogP contribution in [-0.4, -0.2) is 34.5 Å². The van der Waals surface area contributed by atoms with E-state index in [4.69, 9.17) is 0 Å². The zero-order valence-corrected chi connectivity index (χ0v) is 15.5. The highest BCUT2D eigenvalue weighted by atomic mass is 32.1. The van der Waals surface area contributed by atoms with Gasteiger partial charge in [0.05, 0.1) is 18.1 Å². The van der Waals surface area contributed by atoms with E-state index >= 15 is 0 Å². The minimum Gasteiger partial charge on any atom is -0.353 e. The van der Waals surface area contributed by atoms with E-state index in [0.29, 0.717) is 5.92 Å². The van der Waals surface area contributed by atoms with Crippen molar-refractivity contribution >= 4 is 17.3 Å². The molecule has 23 heavy (non-hydrogen) atoms. The smallest absolute Gasteiger partial charge is 0.194 e. The van der Waals surface area contributed by atoms with Crippen molar-refractivity contribution < 1.29 is 0 Å². The van der Waals surface area contributed by atoms with Crippen molar-refractivity contribution in [1.82, 2.24) is 19.8 Å². The molecule has 0 radical (unpaired) electrons. The Morgan fingerprint density at radius 1 is 1.48 bits per heavy atom. The lowest BCUT2D eigenvalue weighted by Crippen LogP contribution is -2.38. The van der Waals surface area contributed by atoms with Gasteiger partial charge in [0.1, 0.15) is 0 Å². The minimum atomic E-state index is 0.645. The Morgan fingerprint density at radius 3 is 2.87 bits per heavy atom. The van der Waals surface area contributed by atoms with Crippen molar-refractivity contribution in [3.05, 3.63) is 40.1 Å². The summed E-state index contributed by atoms with van der Waals surface area (Å²) in [7, 11) is 5.94. The summed E-state index contributed by atoms with van der Waals surface area (Å²) in [5.74, 6) is 1.54. The van der Waals surface area contributed by atoms with Gasteiger partial charge >= 0.3 is 0 Å². The van der Waals surface area contributed by atoms with Crippen LogP contribution < -0.4 is 5.32 Å². The Labute approximate surface area is 143 Å². The van der Waals surface area contributed by atoms with Gasteiger partial charge in [0, 0.05) is 50.5 Å². The van der Waals surface area contributed by atoms with E-state index in [2.05, 4.69) is 71.0 Å². The first-order valence-electron chi connectivity index (χ1n) is 7.95. The van der Waals surface area contributed by atoms with Crippen LogP contribution in [0.25, 0.3) is 0 Å². The largest absolute Gasteiger partial charge is 0.353 e. The fraction of sp³-hybridized carbons (Fsp3) is 0.529. The molecule has 1 N–H and O–H groups in total. The molecule has 0 saturated carbocycles. The van der Waals surface area contributed by atoms with Crippen LogP contribution in [-0.2, 0) is 26.6 Å². The molecular weight excluding hydrogens is 306 g/mol. The molecule has 0 aliphatic carbocycles. The zero-order valence-electron chi connectivity index (χ0n) is 14.7. The maximum Gasteiger partial charge on any atom is 0.194 e. The highest BCUT2D eigenvalue weighted by Gasteiger charge is 2.10. The molecule has 0 spiro atoms. The first kappa shape index (κ1) is 17.5. The third-order valence-electron chi connectivity index (χ3n) is 3.63. The first-order chi connectivity index (χ1) is 11.0. The third kappa shape index (κ3) is 5.10. The predicted octanol–water partition coefficient (Wildman–Crippen LogP) is 2.89. The predicted molar refractivity (Wildman–Crippen MR) is 97.7 cm³/mol. The van der Waals surface area contributed by atoms with Crippen molar-refractivity contribution in [2.24, 2.45) is 18.0 Å². The van der Waals surface area contributed by atoms with E-state index in [1.54, 1.807) is 11.3 Å². The van der Waals surface area contributed by atoms with Crippen LogP contribution in [0.2, 0.25) is 0 Å². The Balaban J connectivity index is 1.89. The highest BCUT2D eigenvalue weighted by molar-refractivity contribution is 7.11. The van der Waals surface area contributed by atoms with Crippen LogP contribution in [0.4, 0.5) is 0 Å². The molecule has 2 aromatic heterocycles. The fourth-order valence-corrected chi connectivity index (χ4v) is 3.48. The van der Waals surface area contributed by atoms with Crippen LogP contribution in [0.1, 0.15) is 29.4 Å². The van der Waals surface area contributed by atoms with Crippen LogP contribution >= 0.6 is 11.3 Å². The molecule has 5 nitrogen and oxygen atoms in total. The summed E-state index contributed by atoms with van der Waals surface area (Å²) in [5.41, 5.74) is 1.26. The molecule has 6 heteroatoms. The summed E-state index contributed by atoms with van der Waals surface area (Å²) in [6.45, 7) is 6.03. The molecule has 0 fully saturated rings. The summed E-state index contributed by atoms with van der Waals surface area (Å²) in [4.78, 5) is 12.2. The van der Waals surface area contributed by atoms with Gasteiger partial charge in [0.2, 0.25) is 0 Å². The van der Waals surface area contributed by atoms with Gasteiger partial charge in [0.25, 0.3) is 0 Å². The second-order valence-corrected chi connectivity index (χ2v) is 7.39. The molecule has 2 heterocycles. The molecule has 0 bridgehead atoms. The number of guanidine groups is 1. The number of nitrogens with one attached hydrogen (secondary N) is 1. The number of hydrogen-bond donors (Lipinski definition) is 1. The Morgan fingerprint density at radius 2 is 2.26 bits per heavy atom. The quantitative estimate of drug-likeness (QED) is 0.653. The molecule has 0 saturated heterocycles. The van der Waals surface area contributed by atoms with E-state index in [-0.39, 0.29) is 0 Å². The van der Waals surface area contributed by atoms with E-state index in [1.165, 1.54) is 15.6 Å². The van der Waals surface area contributed by atoms with Crippen molar-refractivity contribution in [2.45, 2.75) is 33.4 Å². The second kappa shape index (κ2) is 8.15. The van der Waals surface area contributed by atoms with Crippen LogP contribution in [0.5, 0.6) is 0 Å². The lowest BCUT2D eigenvalue weighted by atomic mass is 10.1. The number of hydrogen-bond acceptors (Lipinski definition) is 3. The topological polar surface area (TPSA) is 45.5 Å². The van der Waals surface area contributed by atoms with E-state index < -0.39 is 0 Å². The van der Waals surface area contributed by atoms with Gasteiger partial charge in [-0.15, -0.1) is 11.3 Å². The van der Waals surface area contributed by atoms with Crippen LogP contribution in [0.15, 0.2) is 29.5 Å². The monoisotopic (exact) mass is 333 g/mol. The van der Waals surface area contributed by atoms with Crippen molar-refractivity contribution in [3.8, 4) is 0 Å². The standard InChI is InChI=1S/C17H27N5S/c1-13(2)9-16-19-10-15(23-16)11-20-17(18-3)22(5)12-14-7-6-8-21(14)4/h6-8,10,13H,9,11-12H2,1-5H3,(H,18,20). The molecule has 2 rings (SSSR count). The Kier molecular flexibility index (Phi) is 6.21. The van der Waals surface area contributed by atoms with Gasteiger partial charge in [-0.1, -0.05) is 13.8 Å². The molecule has 0 aromatic carbocycles. The summed E-state index contributed by atoms with van der Waals surface area (Å²) in [6.07, 6.45) is 5.08. The maximum atomic E-state index is 4.50. The van der Waals surface area contributed by atoms with Crippen LogP contribution in [0, 0.1) is 5.92 Å². The number of rotatable bonds is 6. The zero-order chi connectivity index (χ0) is 16.8. The summed E-state index contributed by atoms with van der Waals surface area (Å²) >= 11 is 1.78. The Bertz CT molecular complexity index is 641. The number of aryl methyl sites for hydroxylation is 1. The van der Waals surface area contributed by atoms with E-state index in [0.717, 1.165) is 25.5 Å². The van der Waals surface area contributed by atoms with Crippen molar-refractivity contribution in [2.75, 3.05) is 14.1 Å². The van der Waals surface area contributed by atoms with Crippen molar-refractivity contribution in [1.29, 1.82) is 0 Å². The molecular formula is C17H27N5S. The lowest BCUT2D eigenvalue weighted by Gasteiger charge is -2.22. The fourth-order valence-electron chi connectivity index (χ4n) is 2.40. The van der Waals surface area contributed by atoms with Gasteiger partial charge in [-0.25, -0.2) is 4.98 Å². The third-order valence-corrected chi connectivity index (χ3v) is 4.65. The second-order valence-electron chi connectivity index (χ2n) is 6.19. The Hall–Kier alpha value is -1.82. The summed E-state index contributed by atoms with van der Waals surface area (Å²) in [5, 5.41) is 4.63. The molecule has 126 valence electrons. The molecule has 2 aromatic rings. The van der Waals surface area contributed by atoms with E-state index in [9.17, 15) is 0 Å². The molecule has 0 atom stereocenters. The lowest BCUT2D eigenvalue weighted by molar-refractivity contribution is 0.462. The average molecular weight is 334 g/mol. The first-order valence-corrected chi connectivity index (χ1v) is 8.76. The molecule has 0 amide bonds. The summed E-state index contributed by atoms with van der Waals surface area (Å²) in [6, 6.07) is 4.19. The number of aromatic nitrogens is 2. The van der Waals surface area contributed by atoms with Gasteiger partial charge < -0.3 is 14.8 Å². The molecule has 0 aliphatic rings. The maximum absolute atomic E-state index is 4.50. The number of aliphatic imine (C=N–C) groups is 1. The molecule has 0 aliphatic heterocycles. The van der Waals surface area contributed by atoms with Gasteiger partial charge in [-0.2, -0.15) is 0 Å². The SMILES string of the molecule is CN=C(NCc1cnc(CC(C)C)s1)N(C)Cc1cccn1C. The van der Waals surface area contributed by atoms with E-state index in [1.807, 2.05) is 13.2 Å². The normalized spacial score (nSPS) is 12.0. The molecule has 0 unspecified atom stereocenters. The van der Waals surface area contributed by atoms with Gasteiger partial charge in [-0.3, -0.25) is 4.99 Å². The average Bonchev–Trinajstić information content (AvgIpc) is 3.09. The van der Waals surface area contributed by atoms with Gasteiger partial charge in [0.15, 0.2) is 5.96 Å². The highest BCUT2D eigenvalue weighted by Crippen LogP contribution is 2.16. The number of nitrogens with zero attached hydrogens (tertiary/aromatic N) is 4.